The van der Waals surface area contributed by atoms with Crippen molar-refractivity contribution < 1.29 is 24.2 Å². The molecule has 0 fully saturated rings. The summed E-state index contributed by atoms with van der Waals surface area (Å²) in [6.07, 6.45) is -0.243. The molecule has 0 spiro atoms. The van der Waals surface area contributed by atoms with E-state index in [9.17, 15) is 14.7 Å². The molecule has 132 valence electrons. The van der Waals surface area contributed by atoms with E-state index in [1.165, 1.54) is 14.2 Å². The summed E-state index contributed by atoms with van der Waals surface area (Å²) in [7, 11) is 3.02. The Labute approximate surface area is 146 Å². The smallest absolute Gasteiger partial charge is 0.305 e. The molecule has 0 aliphatic rings. The van der Waals surface area contributed by atoms with Crippen molar-refractivity contribution in [2.24, 2.45) is 0 Å². The number of methoxy groups -OCH3 is 2. The summed E-state index contributed by atoms with van der Waals surface area (Å²) < 4.78 is 10.4. The van der Waals surface area contributed by atoms with Gasteiger partial charge in [-0.3, -0.25) is 9.59 Å². The number of aryl methyl sites for hydroxylation is 1. The van der Waals surface area contributed by atoms with Crippen molar-refractivity contribution in [1.29, 1.82) is 0 Å². The predicted molar refractivity (Wildman–Crippen MR) is 93.2 cm³/mol. The number of hydrogen-bond donors (Lipinski definition) is 2. The maximum atomic E-state index is 12.5. The Bertz CT molecular complexity index is 772. The van der Waals surface area contributed by atoms with Gasteiger partial charge in [-0.1, -0.05) is 24.3 Å². The molecular formula is C19H21NO5. The lowest BCUT2D eigenvalue weighted by Crippen LogP contribution is -2.30. The van der Waals surface area contributed by atoms with Crippen molar-refractivity contribution in [1.82, 2.24) is 5.32 Å². The van der Waals surface area contributed by atoms with Crippen LogP contribution >= 0.6 is 0 Å². The molecule has 1 amide bonds. The number of ether oxygens (including phenoxy) is 2. The SMILES string of the molecule is COc1ccc(C(CC(=O)O)NC(=O)c2ccccc2C)cc1OC. The molecule has 0 aliphatic heterocycles. The molecule has 2 N–H and O–H groups in total. The standard InChI is InChI=1S/C19H21NO5/c1-12-6-4-5-7-14(12)19(23)20-15(11-18(21)22)13-8-9-16(24-2)17(10-13)25-3/h4-10,15H,11H2,1-3H3,(H,20,23)(H,21,22). The summed E-state index contributed by atoms with van der Waals surface area (Å²) in [5.41, 5.74) is 1.96. The fourth-order valence-corrected chi connectivity index (χ4v) is 2.56. The first kappa shape index (κ1) is 18.3. The topological polar surface area (TPSA) is 84.9 Å². The summed E-state index contributed by atoms with van der Waals surface area (Å²) in [6.45, 7) is 1.83. The highest BCUT2D eigenvalue weighted by atomic mass is 16.5. The molecule has 2 aromatic carbocycles. The average molecular weight is 343 g/mol. The second-order valence-electron chi connectivity index (χ2n) is 5.55. The Morgan fingerprint density at radius 1 is 1.08 bits per heavy atom. The highest BCUT2D eigenvalue weighted by molar-refractivity contribution is 5.96. The quantitative estimate of drug-likeness (QED) is 0.807. The molecule has 6 heteroatoms. The van der Waals surface area contributed by atoms with E-state index in [1.807, 2.05) is 19.1 Å². The lowest BCUT2D eigenvalue weighted by molar-refractivity contribution is -0.137. The van der Waals surface area contributed by atoms with Crippen LogP contribution < -0.4 is 14.8 Å². The van der Waals surface area contributed by atoms with Crippen LogP contribution in [0.1, 0.15) is 33.9 Å². The number of amides is 1. The minimum Gasteiger partial charge on any atom is -0.493 e. The summed E-state index contributed by atoms with van der Waals surface area (Å²) in [6, 6.07) is 11.5. The lowest BCUT2D eigenvalue weighted by atomic mass is 10.0. The van der Waals surface area contributed by atoms with Gasteiger partial charge in [-0.15, -0.1) is 0 Å². The molecule has 0 bridgehead atoms. The van der Waals surface area contributed by atoms with Crippen LogP contribution in [-0.4, -0.2) is 31.2 Å². The van der Waals surface area contributed by atoms with Gasteiger partial charge >= 0.3 is 5.97 Å². The minimum absolute atomic E-state index is 0.243. The van der Waals surface area contributed by atoms with Crippen molar-refractivity contribution in [3.05, 3.63) is 59.2 Å². The number of carboxylic acids is 1. The first-order valence-electron chi connectivity index (χ1n) is 7.76. The van der Waals surface area contributed by atoms with Crippen molar-refractivity contribution >= 4 is 11.9 Å². The summed E-state index contributed by atoms with van der Waals surface area (Å²) in [5, 5.41) is 12.0. The third-order valence-corrected chi connectivity index (χ3v) is 3.88. The number of rotatable bonds is 7. The average Bonchev–Trinajstić information content (AvgIpc) is 2.60. The zero-order valence-electron chi connectivity index (χ0n) is 14.4. The second kappa shape index (κ2) is 8.19. The number of carbonyl (C=O) groups excluding carboxylic acids is 1. The Morgan fingerprint density at radius 3 is 2.36 bits per heavy atom. The highest BCUT2D eigenvalue weighted by Crippen LogP contribution is 2.31. The van der Waals surface area contributed by atoms with Crippen LogP contribution in [0.2, 0.25) is 0 Å². The number of carboxylic acid groups (broad SMARTS) is 1. The molecule has 6 nitrogen and oxygen atoms in total. The second-order valence-corrected chi connectivity index (χ2v) is 5.55. The van der Waals surface area contributed by atoms with Gasteiger partial charge < -0.3 is 19.9 Å². The van der Waals surface area contributed by atoms with E-state index < -0.39 is 12.0 Å². The van der Waals surface area contributed by atoms with Gasteiger partial charge in [0.1, 0.15) is 0 Å². The normalized spacial score (nSPS) is 11.5. The minimum atomic E-state index is -1.01. The van der Waals surface area contributed by atoms with Crippen LogP contribution in [0.15, 0.2) is 42.5 Å². The predicted octanol–water partition coefficient (Wildman–Crippen LogP) is 2.96. The number of aliphatic carboxylic acids is 1. The number of benzene rings is 2. The zero-order chi connectivity index (χ0) is 18.4. The summed E-state index contributed by atoms with van der Waals surface area (Å²) in [4.78, 5) is 23.8. The Kier molecular flexibility index (Phi) is 6.00. The Balaban J connectivity index is 2.32. The van der Waals surface area contributed by atoms with Crippen LogP contribution in [0.25, 0.3) is 0 Å². The van der Waals surface area contributed by atoms with Gasteiger partial charge in [0, 0.05) is 5.56 Å². The van der Waals surface area contributed by atoms with Crippen LogP contribution in [0.4, 0.5) is 0 Å². The fraction of sp³-hybridized carbons (Fsp3) is 0.263. The molecule has 0 saturated heterocycles. The molecule has 0 aromatic heterocycles. The van der Waals surface area contributed by atoms with Gasteiger partial charge in [0.25, 0.3) is 5.91 Å². The number of nitrogens with one attached hydrogen (secondary N) is 1. The summed E-state index contributed by atoms with van der Waals surface area (Å²) in [5.74, 6) is -0.324. The number of carbonyl (C=O) groups is 2. The van der Waals surface area contributed by atoms with E-state index in [-0.39, 0.29) is 12.3 Å². The van der Waals surface area contributed by atoms with Gasteiger partial charge in [0.05, 0.1) is 26.7 Å². The molecule has 0 heterocycles. The Morgan fingerprint density at radius 2 is 1.76 bits per heavy atom. The molecule has 0 saturated carbocycles. The van der Waals surface area contributed by atoms with Crippen LogP contribution in [0.5, 0.6) is 11.5 Å². The van der Waals surface area contributed by atoms with Gasteiger partial charge in [0.15, 0.2) is 11.5 Å². The fourth-order valence-electron chi connectivity index (χ4n) is 2.56. The molecule has 0 aliphatic carbocycles. The van der Waals surface area contributed by atoms with E-state index in [0.717, 1.165) is 5.56 Å². The monoisotopic (exact) mass is 343 g/mol. The zero-order valence-corrected chi connectivity index (χ0v) is 14.4. The van der Waals surface area contributed by atoms with Crippen molar-refractivity contribution in [3.8, 4) is 11.5 Å². The molecule has 2 aromatic rings. The molecule has 1 unspecified atom stereocenters. The van der Waals surface area contributed by atoms with E-state index in [1.54, 1.807) is 30.3 Å². The Hall–Kier alpha value is -3.02. The molecule has 25 heavy (non-hydrogen) atoms. The van der Waals surface area contributed by atoms with Crippen molar-refractivity contribution in [2.45, 2.75) is 19.4 Å². The first-order chi connectivity index (χ1) is 12.0. The first-order valence-corrected chi connectivity index (χ1v) is 7.76. The third kappa shape index (κ3) is 4.50. The van der Waals surface area contributed by atoms with E-state index in [2.05, 4.69) is 5.32 Å². The molecular weight excluding hydrogens is 322 g/mol. The lowest BCUT2D eigenvalue weighted by Gasteiger charge is -2.19. The van der Waals surface area contributed by atoms with Crippen molar-refractivity contribution in [3.63, 3.8) is 0 Å². The van der Waals surface area contributed by atoms with Crippen molar-refractivity contribution in [2.75, 3.05) is 14.2 Å². The van der Waals surface area contributed by atoms with E-state index >= 15 is 0 Å². The molecule has 1 atom stereocenters. The largest absolute Gasteiger partial charge is 0.493 e. The molecule has 0 radical (unpaired) electrons. The van der Waals surface area contributed by atoms with Gasteiger partial charge in [-0.05, 0) is 36.2 Å². The third-order valence-electron chi connectivity index (χ3n) is 3.88. The molecule has 2 rings (SSSR count). The van der Waals surface area contributed by atoms with Crippen LogP contribution in [-0.2, 0) is 4.79 Å². The summed E-state index contributed by atoms with van der Waals surface area (Å²) >= 11 is 0. The number of hydrogen-bond acceptors (Lipinski definition) is 4. The van der Waals surface area contributed by atoms with Gasteiger partial charge in [-0.2, -0.15) is 0 Å². The van der Waals surface area contributed by atoms with Crippen LogP contribution in [0.3, 0.4) is 0 Å². The highest BCUT2D eigenvalue weighted by Gasteiger charge is 2.21. The van der Waals surface area contributed by atoms with Crippen LogP contribution in [0, 0.1) is 6.92 Å². The van der Waals surface area contributed by atoms with Gasteiger partial charge in [-0.25, -0.2) is 0 Å². The van der Waals surface area contributed by atoms with Gasteiger partial charge in [0.2, 0.25) is 0 Å². The maximum Gasteiger partial charge on any atom is 0.305 e. The van der Waals surface area contributed by atoms with E-state index in [4.69, 9.17) is 9.47 Å². The van der Waals surface area contributed by atoms with E-state index in [0.29, 0.717) is 22.6 Å². The maximum absolute atomic E-state index is 12.5.